The van der Waals surface area contributed by atoms with Crippen molar-refractivity contribution in [2.24, 2.45) is 0 Å². The Labute approximate surface area is 132 Å². The highest BCUT2D eigenvalue weighted by molar-refractivity contribution is 5.93. The van der Waals surface area contributed by atoms with Crippen LogP contribution in [0.4, 0.5) is 0 Å². The number of nitrogens with zero attached hydrogens (tertiary/aromatic N) is 4. The van der Waals surface area contributed by atoms with Crippen molar-refractivity contribution in [3.05, 3.63) is 60.8 Å². The molecule has 2 heterocycles. The fourth-order valence-electron chi connectivity index (χ4n) is 2.62. The van der Waals surface area contributed by atoms with E-state index >= 15 is 0 Å². The quantitative estimate of drug-likeness (QED) is 0.579. The van der Waals surface area contributed by atoms with Gasteiger partial charge in [-0.1, -0.05) is 30.3 Å². The summed E-state index contributed by atoms with van der Waals surface area (Å²) in [4.78, 5) is 0. The Hall–Kier alpha value is -3.15. The molecule has 0 aliphatic carbocycles. The molecule has 4 rings (SSSR count). The van der Waals surface area contributed by atoms with Crippen molar-refractivity contribution < 1.29 is 9.15 Å². The molecule has 0 unspecified atom stereocenters. The lowest BCUT2D eigenvalue weighted by atomic mass is 10.1. The molecule has 114 valence electrons. The van der Waals surface area contributed by atoms with Crippen LogP contribution < -0.4 is 4.74 Å². The number of hydrogen-bond acceptors (Lipinski definition) is 5. The Morgan fingerprint density at radius 2 is 2.04 bits per heavy atom. The third-order valence-corrected chi connectivity index (χ3v) is 3.69. The smallest absolute Gasteiger partial charge is 0.237 e. The summed E-state index contributed by atoms with van der Waals surface area (Å²) < 4.78 is 12.4. The van der Waals surface area contributed by atoms with Gasteiger partial charge in [0.1, 0.15) is 18.0 Å². The minimum Gasteiger partial charge on any atom is -0.497 e. The third kappa shape index (κ3) is 2.44. The molecule has 0 aliphatic rings. The van der Waals surface area contributed by atoms with E-state index in [1.54, 1.807) is 7.11 Å². The van der Waals surface area contributed by atoms with Gasteiger partial charge in [-0.05, 0) is 18.2 Å². The molecule has 0 spiro atoms. The van der Waals surface area contributed by atoms with Crippen molar-refractivity contribution in [3.8, 4) is 17.0 Å². The molecule has 0 saturated heterocycles. The van der Waals surface area contributed by atoms with Crippen LogP contribution in [0.1, 0.15) is 5.89 Å². The predicted octanol–water partition coefficient (Wildman–Crippen LogP) is 3.14. The number of ether oxygens (including phenoxy) is 1. The van der Waals surface area contributed by atoms with Crippen LogP contribution in [0.2, 0.25) is 0 Å². The summed E-state index contributed by atoms with van der Waals surface area (Å²) in [6, 6.07) is 16.0. The normalized spacial score (nSPS) is 11.0. The first-order chi connectivity index (χ1) is 11.3. The van der Waals surface area contributed by atoms with E-state index in [9.17, 15) is 0 Å². The fourth-order valence-corrected chi connectivity index (χ4v) is 2.62. The van der Waals surface area contributed by atoms with Crippen LogP contribution in [0.25, 0.3) is 22.2 Å². The van der Waals surface area contributed by atoms with Gasteiger partial charge >= 0.3 is 0 Å². The van der Waals surface area contributed by atoms with Crippen LogP contribution in [0.5, 0.6) is 5.75 Å². The summed E-state index contributed by atoms with van der Waals surface area (Å²) in [5.74, 6) is 1.33. The number of benzene rings is 2. The molecule has 2 aromatic carbocycles. The molecule has 0 fully saturated rings. The first kappa shape index (κ1) is 13.5. The molecule has 0 aliphatic heterocycles. The number of rotatable bonds is 4. The fraction of sp³-hybridized carbons (Fsp3) is 0.118. The third-order valence-electron chi connectivity index (χ3n) is 3.69. The van der Waals surface area contributed by atoms with Crippen LogP contribution in [-0.4, -0.2) is 27.1 Å². The Balaban J connectivity index is 1.86. The number of para-hydroxylation sites is 1. The van der Waals surface area contributed by atoms with Gasteiger partial charge in [-0.3, -0.25) is 4.68 Å². The molecular formula is C17H14N4O2. The van der Waals surface area contributed by atoms with E-state index < -0.39 is 0 Å². The monoisotopic (exact) mass is 306 g/mol. The number of fused-ring (bicyclic) bond motifs is 1. The Morgan fingerprint density at radius 3 is 2.87 bits per heavy atom. The van der Waals surface area contributed by atoms with Crippen molar-refractivity contribution in [3.63, 3.8) is 0 Å². The van der Waals surface area contributed by atoms with Gasteiger partial charge in [0.25, 0.3) is 0 Å². The van der Waals surface area contributed by atoms with Crippen molar-refractivity contribution in [2.75, 3.05) is 7.11 Å². The summed E-state index contributed by atoms with van der Waals surface area (Å²) in [6.07, 6.45) is 1.32. The van der Waals surface area contributed by atoms with Crippen LogP contribution in [0.15, 0.2) is 59.3 Å². The van der Waals surface area contributed by atoms with E-state index in [1.807, 2.05) is 47.1 Å². The lowest BCUT2D eigenvalue weighted by Crippen LogP contribution is -2.02. The standard InChI is InChI=1S/C17H14N4O2/c1-22-13-6-4-5-12(9-13)17-14-7-2-3-8-15(14)21(20-17)10-16-19-18-11-23-16/h2-9,11H,10H2,1H3. The average molecular weight is 306 g/mol. The molecule has 0 atom stereocenters. The van der Waals surface area contributed by atoms with Crippen LogP contribution in [-0.2, 0) is 6.54 Å². The molecule has 0 bridgehead atoms. The van der Waals surface area contributed by atoms with Crippen molar-refractivity contribution >= 4 is 10.9 Å². The molecule has 2 aromatic heterocycles. The first-order valence-electron chi connectivity index (χ1n) is 7.20. The van der Waals surface area contributed by atoms with Crippen molar-refractivity contribution in [2.45, 2.75) is 6.54 Å². The van der Waals surface area contributed by atoms with Gasteiger partial charge in [-0.2, -0.15) is 5.10 Å². The summed E-state index contributed by atoms with van der Waals surface area (Å²) >= 11 is 0. The maximum atomic E-state index is 5.31. The van der Waals surface area contributed by atoms with E-state index in [4.69, 9.17) is 14.3 Å². The molecule has 23 heavy (non-hydrogen) atoms. The average Bonchev–Trinajstić information content (AvgIpc) is 3.24. The van der Waals surface area contributed by atoms with Gasteiger partial charge in [0, 0.05) is 10.9 Å². The van der Waals surface area contributed by atoms with Gasteiger partial charge in [0.2, 0.25) is 12.3 Å². The van der Waals surface area contributed by atoms with Gasteiger partial charge < -0.3 is 9.15 Å². The van der Waals surface area contributed by atoms with Gasteiger partial charge in [0.15, 0.2) is 0 Å². The second-order valence-corrected chi connectivity index (χ2v) is 5.09. The van der Waals surface area contributed by atoms with E-state index in [2.05, 4.69) is 16.3 Å². The lowest BCUT2D eigenvalue weighted by molar-refractivity contribution is 0.415. The van der Waals surface area contributed by atoms with Crippen LogP contribution in [0.3, 0.4) is 0 Å². The molecule has 0 saturated carbocycles. The van der Waals surface area contributed by atoms with E-state index in [0.29, 0.717) is 12.4 Å². The zero-order valence-electron chi connectivity index (χ0n) is 12.5. The van der Waals surface area contributed by atoms with Crippen LogP contribution in [0, 0.1) is 0 Å². The minimum absolute atomic E-state index is 0.435. The molecule has 4 aromatic rings. The Bertz CT molecular complexity index is 944. The number of hydrogen-bond donors (Lipinski definition) is 0. The zero-order valence-corrected chi connectivity index (χ0v) is 12.5. The maximum Gasteiger partial charge on any atom is 0.237 e. The highest BCUT2D eigenvalue weighted by Crippen LogP contribution is 2.30. The zero-order chi connectivity index (χ0) is 15.6. The van der Waals surface area contributed by atoms with Crippen molar-refractivity contribution in [1.29, 1.82) is 0 Å². The number of methoxy groups -OCH3 is 1. The van der Waals surface area contributed by atoms with Crippen molar-refractivity contribution in [1.82, 2.24) is 20.0 Å². The highest BCUT2D eigenvalue weighted by atomic mass is 16.5. The lowest BCUT2D eigenvalue weighted by Gasteiger charge is -2.02. The van der Waals surface area contributed by atoms with Crippen LogP contribution >= 0.6 is 0 Å². The molecule has 0 N–H and O–H groups in total. The van der Waals surface area contributed by atoms with Gasteiger partial charge in [-0.25, -0.2) is 0 Å². The molecule has 0 radical (unpaired) electrons. The summed E-state index contributed by atoms with van der Waals surface area (Å²) in [7, 11) is 1.66. The first-order valence-corrected chi connectivity index (χ1v) is 7.20. The summed E-state index contributed by atoms with van der Waals surface area (Å²) in [6.45, 7) is 0.435. The van der Waals surface area contributed by atoms with Gasteiger partial charge in [-0.15, -0.1) is 10.2 Å². The summed E-state index contributed by atoms with van der Waals surface area (Å²) in [5, 5.41) is 13.5. The molecule has 6 heteroatoms. The predicted molar refractivity (Wildman–Crippen MR) is 85.1 cm³/mol. The number of aromatic nitrogens is 4. The Kier molecular flexibility index (Phi) is 3.27. The largest absolute Gasteiger partial charge is 0.497 e. The van der Waals surface area contributed by atoms with Gasteiger partial charge in [0.05, 0.1) is 12.6 Å². The Morgan fingerprint density at radius 1 is 1.13 bits per heavy atom. The van der Waals surface area contributed by atoms with E-state index in [1.165, 1.54) is 6.39 Å². The highest BCUT2D eigenvalue weighted by Gasteiger charge is 2.14. The molecule has 6 nitrogen and oxygen atoms in total. The SMILES string of the molecule is COc1cccc(-c2nn(Cc3nnco3)c3ccccc23)c1. The maximum absolute atomic E-state index is 5.31. The molecular weight excluding hydrogens is 292 g/mol. The minimum atomic E-state index is 0.435. The topological polar surface area (TPSA) is 66.0 Å². The second kappa shape index (κ2) is 5.57. The molecule has 0 amide bonds. The second-order valence-electron chi connectivity index (χ2n) is 5.09. The summed E-state index contributed by atoms with van der Waals surface area (Å²) in [5.41, 5.74) is 2.92. The van der Waals surface area contributed by atoms with E-state index in [0.717, 1.165) is 27.9 Å². The van der Waals surface area contributed by atoms with E-state index in [-0.39, 0.29) is 0 Å².